The van der Waals surface area contributed by atoms with Crippen molar-refractivity contribution in [3.8, 4) is 0 Å². The molecule has 9 heteroatoms. The van der Waals surface area contributed by atoms with Gasteiger partial charge in [0, 0.05) is 0 Å². The Kier molecular flexibility index (Phi) is 2.78. The van der Waals surface area contributed by atoms with Crippen LogP contribution in [0.5, 0.6) is 0 Å². The number of primary amides is 1. The zero-order valence-corrected chi connectivity index (χ0v) is 5.88. The lowest BCUT2D eigenvalue weighted by atomic mass is 10.9. The molecule has 0 fully saturated rings. The summed E-state index contributed by atoms with van der Waals surface area (Å²) in [6.45, 7) is 0. The third-order valence-corrected chi connectivity index (χ3v) is 0.902. The summed E-state index contributed by atoms with van der Waals surface area (Å²) >= 11 is 0. The van der Waals surface area contributed by atoms with Gasteiger partial charge in [-0.1, -0.05) is 0 Å². The number of imide groups is 1. The number of rotatable bonds is 1. The molecule has 0 bridgehead atoms. The summed E-state index contributed by atoms with van der Waals surface area (Å²) in [7, 11) is -4.64. The van der Waals surface area contributed by atoms with Gasteiger partial charge in [0.1, 0.15) is 0 Å². The van der Waals surface area contributed by atoms with Crippen molar-refractivity contribution in [3.05, 3.63) is 0 Å². The second kappa shape index (κ2) is 3.16. The molecule has 4 amide bonds. The molecule has 0 unspecified atom stereocenters. The minimum Gasteiger partial charge on any atom is -0.351 e. The molecule has 0 rings (SSSR count). The normalized spacial score (nSPS) is 10.3. The Morgan fingerprint density at radius 3 is 2.09 bits per heavy atom. The van der Waals surface area contributed by atoms with E-state index in [9.17, 15) is 18.0 Å². The molecule has 8 nitrogen and oxygen atoms in total. The van der Waals surface area contributed by atoms with Gasteiger partial charge in [-0.3, -0.25) is 9.87 Å². The maximum Gasteiger partial charge on any atom is 0.361 e. The highest BCUT2D eigenvalue weighted by Gasteiger charge is 2.10. The molecule has 11 heavy (non-hydrogen) atoms. The number of hydrogen-bond donors (Lipinski definition) is 4. The summed E-state index contributed by atoms with van der Waals surface area (Å²) in [5, 5.41) is 1.35. The number of urea groups is 2. The Hall–Kier alpha value is -1.35. The highest BCUT2D eigenvalue weighted by Crippen LogP contribution is 1.72. The number of carbonyl (C=O) groups is 2. The van der Waals surface area contributed by atoms with Gasteiger partial charge in [0.15, 0.2) is 0 Å². The van der Waals surface area contributed by atoms with Crippen LogP contribution in [-0.2, 0) is 10.3 Å². The van der Waals surface area contributed by atoms with Gasteiger partial charge in [-0.2, -0.15) is 8.42 Å². The van der Waals surface area contributed by atoms with Crippen LogP contribution in [0.2, 0.25) is 0 Å². The molecule has 0 aliphatic rings. The van der Waals surface area contributed by atoms with Gasteiger partial charge in [0.25, 0.3) is 0 Å². The van der Waals surface area contributed by atoms with Crippen molar-refractivity contribution in [2.45, 2.75) is 0 Å². The highest BCUT2D eigenvalue weighted by atomic mass is 32.2. The van der Waals surface area contributed by atoms with E-state index in [0.29, 0.717) is 0 Å². The van der Waals surface area contributed by atoms with E-state index in [1.54, 1.807) is 0 Å². The summed E-state index contributed by atoms with van der Waals surface area (Å²) in [6.07, 6.45) is 0. The van der Waals surface area contributed by atoms with Crippen LogP contribution in [0.25, 0.3) is 0 Å². The van der Waals surface area contributed by atoms with Crippen LogP contribution in [0.15, 0.2) is 0 Å². The summed E-state index contributed by atoms with van der Waals surface area (Å²) in [5.74, 6) is 0. The minimum atomic E-state index is -4.64. The van der Waals surface area contributed by atoms with Crippen LogP contribution in [-0.4, -0.2) is 25.0 Å². The number of carbonyl (C=O) groups excluding carboxylic acids is 2. The van der Waals surface area contributed by atoms with Crippen LogP contribution in [0.1, 0.15) is 0 Å². The van der Waals surface area contributed by atoms with E-state index in [-0.39, 0.29) is 0 Å². The van der Waals surface area contributed by atoms with Crippen LogP contribution in [0.3, 0.4) is 0 Å². The van der Waals surface area contributed by atoms with E-state index < -0.39 is 22.4 Å². The lowest BCUT2D eigenvalue weighted by Crippen LogP contribution is -2.44. The fourth-order valence-electron chi connectivity index (χ4n) is 0.255. The first-order valence-electron chi connectivity index (χ1n) is 2.17. The number of amides is 4. The molecular formula is C2H5N3O5S. The topological polar surface area (TPSA) is 139 Å². The first-order valence-corrected chi connectivity index (χ1v) is 3.61. The number of hydrogen-bond acceptors (Lipinski definition) is 4. The average Bonchev–Trinajstić information content (AvgIpc) is 1.53. The summed E-state index contributed by atoms with van der Waals surface area (Å²) in [6, 6.07) is -2.65. The van der Waals surface area contributed by atoms with Gasteiger partial charge in [0.05, 0.1) is 0 Å². The maximum absolute atomic E-state index is 10.2. The first-order chi connectivity index (χ1) is 4.81. The molecule has 0 aromatic carbocycles. The van der Waals surface area contributed by atoms with Gasteiger partial charge in [-0.25, -0.2) is 14.3 Å². The monoisotopic (exact) mass is 183 g/mol. The second-order valence-electron chi connectivity index (χ2n) is 1.40. The van der Waals surface area contributed by atoms with Crippen molar-refractivity contribution in [1.82, 2.24) is 10.0 Å². The van der Waals surface area contributed by atoms with Crippen molar-refractivity contribution in [1.29, 1.82) is 0 Å². The van der Waals surface area contributed by atoms with Gasteiger partial charge in [-0.15, -0.1) is 0 Å². The largest absolute Gasteiger partial charge is 0.361 e. The molecular weight excluding hydrogens is 178 g/mol. The standard InChI is InChI=1S/C2H5N3O5S/c3-1(6)4-2(7)5-11(8,9)10/h(H,8,9,10)(H4,3,4,5,6,7). The van der Waals surface area contributed by atoms with Crippen LogP contribution >= 0.6 is 0 Å². The van der Waals surface area contributed by atoms with E-state index in [1.165, 1.54) is 5.32 Å². The molecule has 0 saturated heterocycles. The Morgan fingerprint density at radius 2 is 1.82 bits per heavy atom. The van der Waals surface area contributed by atoms with Gasteiger partial charge >= 0.3 is 22.4 Å². The van der Waals surface area contributed by atoms with Crippen molar-refractivity contribution in [2.75, 3.05) is 0 Å². The number of nitrogens with two attached hydrogens (primary N) is 1. The Labute approximate surface area is 61.6 Å². The maximum atomic E-state index is 10.2. The SMILES string of the molecule is NC(=O)NC(=O)NS(=O)(=O)O. The third kappa shape index (κ3) is 6.54. The van der Waals surface area contributed by atoms with Crippen molar-refractivity contribution < 1.29 is 22.6 Å². The molecule has 64 valence electrons. The van der Waals surface area contributed by atoms with E-state index in [4.69, 9.17) is 4.55 Å². The predicted octanol–water partition coefficient (Wildman–Crippen LogP) is -1.83. The quantitative estimate of drug-likeness (QED) is 0.354. The molecule has 0 aliphatic heterocycles. The molecule has 0 aromatic heterocycles. The van der Waals surface area contributed by atoms with Crippen LogP contribution in [0, 0.1) is 0 Å². The first kappa shape index (κ1) is 9.65. The molecule has 0 aromatic rings. The third-order valence-electron chi connectivity index (χ3n) is 0.458. The Balaban J connectivity index is 4.01. The van der Waals surface area contributed by atoms with E-state index in [0.717, 1.165) is 4.72 Å². The Morgan fingerprint density at radius 1 is 1.36 bits per heavy atom. The van der Waals surface area contributed by atoms with Gasteiger partial charge in [-0.05, 0) is 0 Å². The van der Waals surface area contributed by atoms with Crippen LogP contribution in [0.4, 0.5) is 9.59 Å². The lowest BCUT2D eigenvalue weighted by Gasteiger charge is -1.98. The van der Waals surface area contributed by atoms with Crippen molar-refractivity contribution in [3.63, 3.8) is 0 Å². The molecule has 0 atom stereocenters. The fourth-order valence-corrected chi connectivity index (χ4v) is 0.540. The molecule has 5 N–H and O–H groups in total. The molecule has 0 saturated carbocycles. The lowest BCUT2D eigenvalue weighted by molar-refractivity contribution is 0.234. The number of nitrogens with one attached hydrogen (secondary N) is 2. The van der Waals surface area contributed by atoms with E-state index >= 15 is 0 Å². The molecule has 0 aliphatic carbocycles. The zero-order chi connectivity index (χ0) is 9.07. The van der Waals surface area contributed by atoms with Crippen molar-refractivity contribution in [2.24, 2.45) is 5.73 Å². The van der Waals surface area contributed by atoms with Crippen molar-refractivity contribution >= 4 is 22.4 Å². The minimum absolute atomic E-state index is 1.03. The van der Waals surface area contributed by atoms with Crippen LogP contribution < -0.4 is 15.8 Å². The van der Waals surface area contributed by atoms with E-state index in [1.807, 2.05) is 0 Å². The van der Waals surface area contributed by atoms with Gasteiger partial charge in [0.2, 0.25) is 0 Å². The molecule has 0 heterocycles. The fraction of sp³-hybridized carbons (Fsp3) is 0. The Bertz CT molecular complexity index is 267. The van der Waals surface area contributed by atoms with Gasteiger partial charge < -0.3 is 5.73 Å². The smallest absolute Gasteiger partial charge is 0.351 e. The molecule has 0 spiro atoms. The average molecular weight is 183 g/mol. The summed E-state index contributed by atoms with van der Waals surface area (Å²) in [5.41, 5.74) is 4.42. The molecule has 0 radical (unpaired) electrons. The second-order valence-corrected chi connectivity index (χ2v) is 2.55. The summed E-state index contributed by atoms with van der Waals surface area (Å²) in [4.78, 5) is 20.1. The van der Waals surface area contributed by atoms with E-state index in [2.05, 4.69) is 5.73 Å². The predicted molar refractivity (Wildman–Crippen MR) is 32.8 cm³/mol. The zero-order valence-electron chi connectivity index (χ0n) is 5.07. The summed E-state index contributed by atoms with van der Waals surface area (Å²) < 4.78 is 28.7. The highest BCUT2D eigenvalue weighted by molar-refractivity contribution is 7.84.